The van der Waals surface area contributed by atoms with Crippen molar-refractivity contribution in [3.63, 3.8) is 0 Å². The summed E-state index contributed by atoms with van der Waals surface area (Å²) in [4.78, 5) is 2.40. The van der Waals surface area contributed by atoms with Crippen molar-refractivity contribution in [2.45, 2.75) is 148 Å². The summed E-state index contributed by atoms with van der Waals surface area (Å²) in [7, 11) is -2.97. The normalized spacial score (nSPS) is 45.6. The van der Waals surface area contributed by atoms with Gasteiger partial charge in [0.05, 0.1) is 17.2 Å². The lowest BCUT2D eigenvalue weighted by atomic mass is 9.37. The molecule has 6 aliphatic carbocycles. The number of halogens is 1. The van der Waals surface area contributed by atoms with Gasteiger partial charge in [-0.1, -0.05) is 52.3 Å². The van der Waals surface area contributed by atoms with Gasteiger partial charge < -0.3 is 5.32 Å². The Morgan fingerprint density at radius 2 is 1.63 bits per heavy atom. The molecule has 0 spiro atoms. The fourth-order valence-electron chi connectivity index (χ4n) is 14.0. The van der Waals surface area contributed by atoms with Gasteiger partial charge in [-0.15, -0.1) is 6.58 Å². The van der Waals surface area contributed by atoms with Crippen molar-refractivity contribution in [3.8, 4) is 0 Å². The molecule has 7 aliphatic rings. The molecule has 0 bridgehead atoms. The first kappa shape index (κ1) is 37.8. The van der Waals surface area contributed by atoms with E-state index in [2.05, 4.69) is 56.6 Å². The van der Waals surface area contributed by atoms with Gasteiger partial charge in [0.1, 0.15) is 0 Å². The average Bonchev–Trinajstić information content (AvgIpc) is 3.48. The number of nitrogens with zero attached hydrogens (tertiary/aromatic N) is 1. The predicted octanol–water partition coefficient (Wildman–Crippen LogP) is 9.73. The van der Waals surface area contributed by atoms with Crippen LogP contribution < -0.4 is 5.32 Å². The molecule has 1 N–H and O–H groups in total. The van der Waals surface area contributed by atoms with E-state index >= 15 is 0 Å². The first-order chi connectivity index (χ1) is 23.2. The summed E-state index contributed by atoms with van der Waals surface area (Å²) in [5.74, 6) is 4.26. The number of allylic oxidation sites excluding steroid dienone is 5. The van der Waals surface area contributed by atoms with E-state index in [0.717, 1.165) is 61.9 Å². The molecule has 6 heteroatoms. The van der Waals surface area contributed by atoms with Gasteiger partial charge in [0.2, 0.25) is 0 Å². The van der Waals surface area contributed by atoms with Gasteiger partial charge >= 0.3 is 0 Å². The molecule has 7 rings (SSSR count). The van der Waals surface area contributed by atoms with E-state index < -0.39 is 9.84 Å². The highest BCUT2D eigenvalue weighted by molar-refractivity contribution is 7.92. The van der Waals surface area contributed by atoms with Gasteiger partial charge in [-0.25, -0.2) is 8.42 Å². The van der Waals surface area contributed by atoms with Crippen molar-refractivity contribution in [1.82, 2.24) is 10.2 Å². The molecule has 278 valence electrons. The second kappa shape index (κ2) is 14.1. The number of hydrogen-bond donors (Lipinski definition) is 1. The minimum atomic E-state index is -2.97. The van der Waals surface area contributed by atoms with E-state index in [-0.39, 0.29) is 28.5 Å². The first-order valence-corrected chi connectivity index (χ1v) is 22.0. The summed E-state index contributed by atoms with van der Waals surface area (Å²) in [6, 6.07) is 0. The van der Waals surface area contributed by atoms with Gasteiger partial charge in [0.15, 0.2) is 9.84 Å². The second-order valence-electron chi connectivity index (χ2n) is 19.1. The van der Waals surface area contributed by atoms with Crippen LogP contribution in [0.5, 0.6) is 0 Å². The van der Waals surface area contributed by atoms with Crippen molar-refractivity contribution in [2.75, 3.05) is 32.9 Å². The number of alkyl halides is 1. The quantitative estimate of drug-likeness (QED) is 0.281. The molecule has 11 unspecified atom stereocenters. The largest absolute Gasteiger partial charge is 0.310 e. The summed E-state index contributed by atoms with van der Waals surface area (Å²) >= 11 is 0. The van der Waals surface area contributed by atoms with Crippen molar-refractivity contribution in [1.29, 1.82) is 0 Å². The maximum atomic E-state index is 13.4. The molecule has 1 heterocycles. The van der Waals surface area contributed by atoms with Crippen LogP contribution in [0, 0.1) is 51.8 Å². The zero-order valence-corrected chi connectivity index (χ0v) is 33.2. The van der Waals surface area contributed by atoms with Crippen LogP contribution in [0.1, 0.15) is 132 Å². The molecule has 0 radical (unpaired) electrons. The Bertz CT molecular complexity index is 1370. The maximum absolute atomic E-state index is 13.4. The van der Waals surface area contributed by atoms with Gasteiger partial charge in [-0.3, -0.25) is 9.29 Å². The second-order valence-corrected chi connectivity index (χ2v) is 21.9. The minimum Gasteiger partial charge on any atom is -0.310 e. The molecule has 0 aromatic heterocycles. The van der Waals surface area contributed by atoms with E-state index in [9.17, 15) is 12.8 Å². The van der Waals surface area contributed by atoms with Crippen molar-refractivity contribution >= 4 is 9.84 Å². The predicted molar refractivity (Wildman–Crippen MR) is 204 cm³/mol. The highest BCUT2D eigenvalue weighted by atomic mass is 32.2. The van der Waals surface area contributed by atoms with Crippen LogP contribution in [0.15, 0.2) is 36.0 Å². The lowest BCUT2D eigenvalue weighted by Crippen LogP contribution is -2.64. The Morgan fingerprint density at radius 3 is 2.29 bits per heavy atom. The number of rotatable bonds is 6. The van der Waals surface area contributed by atoms with Crippen molar-refractivity contribution < 1.29 is 12.8 Å². The molecule has 0 aromatic carbocycles. The maximum Gasteiger partial charge on any atom is 0.157 e. The third-order valence-corrected chi connectivity index (χ3v) is 18.8. The lowest BCUT2D eigenvalue weighted by molar-refractivity contribution is -0.175. The van der Waals surface area contributed by atoms with Crippen molar-refractivity contribution in [3.05, 3.63) is 36.0 Å². The summed E-state index contributed by atoms with van der Waals surface area (Å²) in [5.41, 5.74) is 4.43. The van der Waals surface area contributed by atoms with E-state index in [1.807, 2.05) is 20.8 Å². The minimum absolute atomic E-state index is 0.168. The van der Waals surface area contributed by atoms with Gasteiger partial charge in [-0.2, -0.15) is 0 Å². The van der Waals surface area contributed by atoms with Crippen LogP contribution in [0.4, 0.5) is 4.39 Å². The van der Waals surface area contributed by atoms with Gasteiger partial charge in [0, 0.05) is 31.7 Å². The molecular formula is C43H71FN2O2S. The van der Waals surface area contributed by atoms with E-state index in [0.29, 0.717) is 29.5 Å². The summed E-state index contributed by atoms with van der Waals surface area (Å²) in [6.07, 6.45) is 23.4. The van der Waals surface area contributed by atoms with E-state index in [4.69, 9.17) is 0 Å². The molecule has 0 aromatic rings. The number of hydrogen-bond acceptors (Lipinski definition) is 4. The van der Waals surface area contributed by atoms with Crippen LogP contribution in [-0.2, 0) is 9.84 Å². The lowest BCUT2D eigenvalue weighted by Gasteiger charge is -2.68. The Balaban J connectivity index is 0.00000134. The molecule has 11 atom stereocenters. The van der Waals surface area contributed by atoms with Gasteiger partial charge in [0.25, 0.3) is 0 Å². The first-order valence-electron chi connectivity index (χ1n) is 20.4. The Morgan fingerprint density at radius 1 is 0.918 bits per heavy atom. The highest BCUT2D eigenvalue weighted by Gasteiger charge is 2.65. The van der Waals surface area contributed by atoms with E-state index in [1.165, 1.54) is 64.2 Å². The van der Waals surface area contributed by atoms with Crippen LogP contribution in [0.2, 0.25) is 0 Å². The Labute approximate surface area is 300 Å². The smallest absolute Gasteiger partial charge is 0.157 e. The molecule has 0 amide bonds. The molecule has 5 fully saturated rings. The van der Waals surface area contributed by atoms with E-state index in [1.54, 1.807) is 17.2 Å². The van der Waals surface area contributed by atoms with Gasteiger partial charge in [-0.05, 0) is 161 Å². The Hall–Kier alpha value is -0.980. The highest BCUT2D eigenvalue weighted by Crippen LogP contribution is 2.72. The fraction of sp³-hybridized carbons (Fsp3) is 0.860. The van der Waals surface area contributed by atoms with Crippen LogP contribution >= 0.6 is 0 Å². The molecule has 4 nitrogen and oxygen atoms in total. The summed E-state index contributed by atoms with van der Waals surface area (Å²) in [6.45, 7) is 22.7. The van der Waals surface area contributed by atoms with Crippen LogP contribution in [0.3, 0.4) is 0 Å². The monoisotopic (exact) mass is 699 g/mol. The SMILES string of the molecule is C=CC.CC1CN(CCNC23CCCC2C2CCC4C(C)(CCC5C(C)(C)C(C6=CCC(CF)CC6)=CCC54C)C2CC3)CC(C)S1(=O)=O. The standard InChI is InChI=1S/C40H65FN2O2S.C3H6/c1-27-25-43(26-28(2)46(27,44)45)23-22-42-40-18-7-8-34(40)31-13-14-36-38(5,33(31)16-21-40)20-17-35-37(3,4)32(15-19-39(35,36)6)30-11-9-29(24-41)10-12-30;1-3-2/h11,15,27-29,31,33-36,42H,7-10,12-14,16-26H2,1-6H3;3H,1H2,2H3. The fourth-order valence-corrected chi connectivity index (χ4v) is 15.6. The molecule has 49 heavy (non-hydrogen) atoms. The third kappa shape index (κ3) is 6.40. The zero-order chi connectivity index (χ0) is 35.4. The number of nitrogens with one attached hydrogen (secondary N) is 1. The number of fused-ring (bicyclic) bond motifs is 7. The zero-order valence-electron chi connectivity index (χ0n) is 32.3. The average molecular weight is 699 g/mol. The molecular weight excluding hydrogens is 628 g/mol. The van der Waals surface area contributed by atoms with Crippen LogP contribution in [0.25, 0.3) is 0 Å². The Kier molecular flexibility index (Phi) is 10.9. The number of sulfone groups is 1. The summed E-state index contributed by atoms with van der Waals surface area (Å²) in [5, 5.41) is 3.68. The van der Waals surface area contributed by atoms with Crippen LogP contribution in [-0.4, -0.2) is 62.2 Å². The molecule has 4 saturated carbocycles. The molecule has 1 saturated heterocycles. The topological polar surface area (TPSA) is 49.4 Å². The van der Waals surface area contributed by atoms with Crippen molar-refractivity contribution in [2.24, 2.45) is 51.8 Å². The molecule has 1 aliphatic heterocycles. The third-order valence-electron chi connectivity index (χ3n) is 16.2. The summed E-state index contributed by atoms with van der Waals surface area (Å²) < 4.78 is 38.5.